The van der Waals surface area contributed by atoms with Crippen molar-refractivity contribution in [1.82, 2.24) is 15.1 Å². The van der Waals surface area contributed by atoms with Crippen molar-refractivity contribution in [3.63, 3.8) is 0 Å². The summed E-state index contributed by atoms with van der Waals surface area (Å²) in [5.41, 5.74) is -1.09. The van der Waals surface area contributed by atoms with Crippen molar-refractivity contribution in [3.05, 3.63) is 62.6 Å². The Morgan fingerprint density at radius 1 is 0.977 bits per heavy atom. The van der Waals surface area contributed by atoms with Crippen LogP contribution in [0, 0.1) is 11.3 Å². The molecule has 7 nitrogen and oxygen atoms in total. The molecule has 5 rings (SSSR count). The van der Waals surface area contributed by atoms with E-state index in [9.17, 15) is 27.6 Å². The number of likely N-dealkylation sites (tertiary alicyclic amines) is 2. The third kappa shape index (κ3) is 6.05. The number of hydrogen-bond donors (Lipinski definition) is 1. The molecule has 12 heteroatoms. The number of piperidine rings is 1. The molecule has 1 aliphatic carbocycles. The van der Waals surface area contributed by atoms with Crippen LogP contribution in [-0.2, 0) is 15.8 Å². The molecule has 2 heterocycles. The van der Waals surface area contributed by atoms with Gasteiger partial charge in [0.1, 0.15) is 11.3 Å². The minimum atomic E-state index is -4.85. The van der Waals surface area contributed by atoms with Crippen LogP contribution in [0.1, 0.15) is 71.5 Å². The Labute approximate surface area is 258 Å². The zero-order chi connectivity index (χ0) is 31.3. The highest BCUT2D eigenvalue weighted by Crippen LogP contribution is 2.50. The molecule has 1 N–H and O–H groups in total. The van der Waals surface area contributed by atoms with Crippen LogP contribution in [0.5, 0.6) is 5.75 Å². The molecule has 0 spiro atoms. The molecule has 0 radical (unpaired) electrons. The van der Waals surface area contributed by atoms with Crippen LogP contribution in [0.15, 0.2) is 30.3 Å². The molecular weight excluding hydrogens is 606 g/mol. The van der Waals surface area contributed by atoms with Gasteiger partial charge >= 0.3 is 6.18 Å². The molecule has 3 aliphatic rings. The van der Waals surface area contributed by atoms with E-state index in [0.29, 0.717) is 31.5 Å². The van der Waals surface area contributed by atoms with E-state index in [0.717, 1.165) is 26.0 Å². The first kappa shape index (κ1) is 31.4. The number of ether oxygens (including phenoxy) is 1. The minimum absolute atomic E-state index is 0.0405. The maximum atomic E-state index is 14.7. The Balaban J connectivity index is 1.52. The number of hydrogen-bond acceptors (Lipinski definition) is 4. The first-order valence-electron chi connectivity index (χ1n) is 14.3. The summed E-state index contributed by atoms with van der Waals surface area (Å²) in [6, 6.07) is 7.33. The Kier molecular flexibility index (Phi) is 8.66. The molecule has 2 atom stereocenters. The standard InChI is InChI=1S/C31H34Cl2F3N3O4/c1-30(10-11-30)29(42)38-12-8-17(9-13-38)28(41)39-15-20(18-4-6-22(32)23(33)14-18)21(16-39)25-19(27(40)37-2)5-7-24(43-3)26(25)31(34,35)36/h4-7,14,17,20-21H,8-13,15-16H2,1-3H3,(H,37,40). The van der Waals surface area contributed by atoms with Crippen molar-refractivity contribution in [2.75, 3.05) is 40.3 Å². The molecule has 0 bridgehead atoms. The van der Waals surface area contributed by atoms with Crippen LogP contribution in [0.25, 0.3) is 0 Å². The second-order valence-electron chi connectivity index (χ2n) is 11.9. The van der Waals surface area contributed by atoms with Gasteiger partial charge in [-0.25, -0.2) is 0 Å². The molecule has 43 heavy (non-hydrogen) atoms. The van der Waals surface area contributed by atoms with Crippen molar-refractivity contribution < 1.29 is 32.3 Å². The van der Waals surface area contributed by atoms with Gasteiger partial charge in [0.2, 0.25) is 11.8 Å². The second kappa shape index (κ2) is 11.8. The zero-order valence-corrected chi connectivity index (χ0v) is 25.7. The highest BCUT2D eigenvalue weighted by Gasteiger charge is 2.49. The van der Waals surface area contributed by atoms with Gasteiger partial charge in [-0.15, -0.1) is 0 Å². The van der Waals surface area contributed by atoms with Gasteiger partial charge in [-0.2, -0.15) is 13.2 Å². The Morgan fingerprint density at radius 3 is 2.19 bits per heavy atom. The van der Waals surface area contributed by atoms with Gasteiger partial charge in [0.25, 0.3) is 5.91 Å². The minimum Gasteiger partial charge on any atom is -0.496 e. The summed E-state index contributed by atoms with van der Waals surface area (Å²) in [5, 5.41) is 2.97. The van der Waals surface area contributed by atoms with E-state index in [1.54, 1.807) is 23.1 Å². The number of methoxy groups -OCH3 is 1. The third-order valence-electron chi connectivity index (χ3n) is 9.20. The monoisotopic (exact) mass is 639 g/mol. The van der Waals surface area contributed by atoms with Crippen molar-refractivity contribution >= 4 is 40.9 Å². The zero-order valence-electron chi connectivity index (χ0n) is 24.2. The van der Waals surface area contributed by atoms with Gasteiger partial charge in [-0.05, 0) is 61.1 Å². The molecule has 3 amide bonds. The van der Waals surface area contributed by atoms with Crippen molar-refractivity contribution in [1.29, 1.82) is 0 Å². The highest BCUT2D eigenvalue weighted by molar-refractivity contribution is 6.42. The highest BCUT2D eigenvalue weighted by atomic mass is 35.5. The van der Waals surface area contributed by atoms with Gasteiger partial charge in [0, 0.05) is 62.0 Å². The fraction of sp³-hybridized carbons (Fsp3) is 0.516. The Bertz CT molecular complexity index is 1440. The summed E-state index contributed by atoms with van der Waals surface area (Å²) >= 11 is 12.5. The van der Waals surface area contributed by atoms with E-state index < -0.39 is 35.2 Å². The summed E-state index contributed by atoms with van der Waals surface area (Å²) in [4.78, 5) is 43.1. The van der Waals surface area contributed by atoms with Gasteiger partial charge < -0.3 is 19.9 Å². The Hall–Kier alpha value is -2.98. The predicted molar refractivity (Wildman–Crippen MR) is 157 cm³/mol. The Morgan fingerprint density at radius 2 is 1.63 bits per heavy atom. The lowest BCUT2D eigenvalue weighted by Crippen LogP contribution is -2.45. The average Bonchev–Trinajstić information content (AvgIpc) is 3.59. The molecule has 2 aromatic carbocycles. The molecule has 2 saturated heterocycles. The van der Waals surface area contributed by atoms with Crippen molar-refractivity contribution in [3.8, 4) is 5.75 Å². The third-order valence-corrected chi connectivity index (χ3v) is 9.94. The number of carbonyl (C=O) groups excluding carboxylic acids is 3. The number of carbonyl (C=O) groups is 3. The first-order valence-corrected chi connectivity index (χ1v) is 15.1. The number of benzene rings is 2. The van der Waals surface area contributed by atoms with Crippen molar-refractivity contribution in [2.24, 2.45) is 11.3 Å². The quantitative estimate of drug-likeness (QED) is 0.413. The summed E-state index contributed by atoms with van der Waals surface area (Å²) < 4.78 is 49.3. The van der Waals surface area contributed by atoms with E-state index in [1.165, 1.54) is 13.1 Å². The molecule has 2 aliphatic heterocycles. The predicted octanol–water partition coefficient (Wildman–Crippen LogP) is 6.13. The summed E-state index contributed by atoms with van der Waals surface area (Å²) in [6.45, 7) is 2.98. The summed E-state index contributed by atoms with van der Waals surface area (Å²) in [5.74, 6) is -3.02. The number of rotatable bonds is 6. The maximum Gasteiger partial charge on any atom is 0.420 e. The van der Waals surface area contributed by atoms with Crippen LogP contribution in [0.4, 0.5) is 13.2 Å². The fourth-order valence-electron chi connectivity index (χ4n) is 6.51. The number of nitrogens with one attached hydrogen (secondary N) is 1. The molecule has 1 saturated carbocycles. The van der Waals surface area contributed by atoms with Crippen LogP contribution >= 0.6 is 23.2 Å². The normalized spacial score (nSPS) is 22.0. The lowest BCUT2D eigenvalue weighted by Gasteiger charge is -2.34. The lowest BCUT2D eigenvalue weighted by molar-refractivity contribution is -0.142. The SMILES string of the molecule is CNC(=O)c1ccc(OC)c(C(F)(F)F)c1C1CN(C(=O)C2CCN(C(=O)C3(C)CC3)CC2)CC1c1ccc(Cl)c(Cl)c1. The number of halogens is 5. The van der Waals surface area contributed by atoms with Gasteiger partial charge in [0.15, 0.2) is 0 Å². The number of amides is 3. The smallest absolute Gasteiger partial charge is 0.420 e. The van der Waals surface area contributed by atoms with E-state index in [2.05, 4.69) is 5.32 Å². The van der Waals surface area contributed by atoms with Crippen LogP contribution in [0.3, 0.4) is 0 Å². The number of alkyl halides is 3. The first-order chi connectivity index (χ1) is 20.3. The topological polar surface area (TPSA) is 79.0 Å². The average molecular weight is 641 g/mol. The second-order valence-corrected chi connectivity index (χ2v) is 12.8. The summed E-state index contributed by atoms with van der Waals surface area (Å²) in [7, 11) is 2.50. The molecule has 3 fully saturated rings. The van der Waals surface area contributed by atoms with Crippen LogP contribution in [-0.4, -0.2) is 67.9 Å². The van der Waals surface area contributed by atoms with Gasteiger partial charge in [-0.3, -0.25) is 14.4 Å². The van der Waals surface area contributed by atoms with Crippen LogP contribution in [0.2, 0.25) is 10.0 Å². The van der Waals surface area contributed by atoms with Gasteiger partial charge in [0.05, 0.1) is 17.2 Å². The molecule has 0 aromatic heterocycles. The molecular formula is C31H34Cl2F3N3O4. The maximum absolute atomic E-state index is 14.7. The van der Waals surface area contributed by atoms with E-state index in [1.807, 2.05) is 11.8 Å². The van der Waals surface area contributed by atoms with E-state index in [-0.39, 0.29) is 57.4 Å². The van der Waals surface area contributed by atoms with E-state index >= 15 is 0 Å². The summed E-state index contributed by atoms with van der Waals surface area (Å²) in [6.07, 6.45) is -2.14. The largest absolute Gasteiger partial charge is 0.496 e. The molecule has 2 unspecified atom stereocenters. The van der Waals surface area contributed by atoms with E-state index in [4.69, 9.17) is 27.9 Å². The fourth-order valence-corrected chi connectivity index (χ4v) is 6.81. The van der Waals surface area contributed by atoms with Crippen LogP contribution < -0.4 is 10.1 Å². The van der Waals surface area contributed by atoms with Crippen molar-refractivity contribution in [2.45, 2.75) is 50.6 Å². The lowest BCUT2D eigenvalue weighted by atomic mass is 9.79. The molecule has 2 aromatic rings. The van der Waals surface area contributed by atoms with Gasteiger partial charge in [-0.1, -0.05) is 36.2 Å². The number of nitrogens with zero attached hydrogens (tertiary/aromatic N) is 2. The molecule has 232 valence electrons.